The van der Waals surface area contributed by atoms with Gasteiger partial charge in [-0.2, -0.15) is 0 Å². The lowest BCUT2D eigenvalue weighted by Gasteiger charge is -2.24. The van der Waals surface area contributed by atoms with Gasteiger partial charge in [0.2, 0.25) is 5.91 Å². The first-order chi connectivity index (χ1) is 12.8. The Labute approximate surface area is 153 Å². The van der Waals surface area contributed by atoms with Crippen LogP contribution in [0, 0.1) is 0 Å². The van der Waals surface area contributed by atoms with Crippen LogP contribution >= 0.6 is 0 Å². The molecule has 0 N–H and O–H groups in total. The molecule has 0 spiro atoms. The average Bonchev–Trinajstić information content (AvgIpc) is 3.13. The first-order valence-electron chi connectivity index (χ1n) is 8.98. The molecule has 1 aliphatic heterocycles. The monoisotopic (exact) mass is 343 g/mol. The van der Waals surface area contributed by atoms with Gasteiger partial charge < -0.3 is 4.90 Å². The van der Waals surface area contributed by atoms with Crippen LogP contribution < -0.4 is 0 Å². The third kappa shape index (κ3) is 3.10. The lowest BCUT2D eigenvalue weighted by molar-refractivity contribution is -0.132. The van der Waals surface area contributed by atoms with E-state index in [4.69, 9.17) is 0 Å². The van der Waals surface area contributed by atoms with Gasteiger partial charge in [-0.25, -0.2) is 9.97 Å². The van der Waals surface area contributed by atoms with Gasteiger partial charge in [-0.3, -0.25) is 4.79 Å². The summed E-state index contributed by atoms with van der Waals surface area (Å²) >= 11 is 0. The Hall–Kier alpha value is -3.01. The molecule has 3 aromatic rings. The minimum Gasteiger partial charge on any atom is -0.332 e. The predicted octanol–water partition coefficient (Wildman–Crippen LogP) is 3.71. The van der Waals surface area contributed by atoms with Crippen LogP contribution in [0.3, 0.4) is 0 Å². The first-order valence-corrected chi connectivity index (χ1v) is 8.98. The van der Waals surface area contributed by atoms with Crippen LogP contribution in [0.1, 0.15) is 41.1 Å². The SMILES string of the molecule is CCc1ncc2c(n1)CN(C(=O)C(c1ccccc1)c1ccccc1)C2. The summed E-state index contributed by atoms with van der Waals surface area (Å²) in [7, 11) is 0. The normalized spacial score (nSPS) is 13.1. The molecule has 4 rings (SSSR count). The molecule has 2 heterocycles. The fraction of sp³-hybridized carbons (Fsp3) is 0.227. The van der Waals surface area contributed by atoms with Gasteiger partial charge in [0.15, 0.2) is 0 Å². The number of aromatic nitrogens is 2. The van der Waals surface area contributed by atoms with E-state index in [2.05, 4.69) is 9.97 Å². The van der Waals surface area contributed by atoms with Crippen molar-refractivity contribution >= 4 is 5.91 Å². The summed E-state index contributed by atoms with van der Waals surface area (Å²) in [6.45, 7) is 3.18. The highest BCUT2D eigenvalue weighted by Gasteiger charge is 2.32. The zero-order chi connectivity index (χ0) is 17.9. The molecule has 26 heavy (non-hydrogen) atoms. The predicted molar refractivity (Wildman–Crippen MR) is 100 cm³/mol. The van der Waals surface area contributed by atoms with Crippen molar-refractivity contribution in [3.05, 3.63) is 95.1 Å². The molecule has 0 fully saturated rings. The van der Waals surface area contributed by atoms with E-state index in [1.54, 1.807) is 0 Å². The van der Waals surface area contributed by atoms with Crippen molar-refractivity contribution in [1.29, 1.82) is 0 Å². The minimum atomic E-state index is -0.301. The number of carbonyl (C=O) groups is 1. The van der Waals surface area contributed by atoms with E-state index in [-0.39, 0.29) is 11.8 Å². The number of amides is 1. The molecule has 4 nitrogen and oxygen atoms in total. The van der Waals surface area contributed by atoms with Crippen LogP contribution in [0.2, 0.25) is 0 Å². The van der Waals surface area contributed by atoms with E-state index in [1.807, 2.05) is 78.7 Å². The smallest absolute Gasteiger partial charge is 0.235 e. The third-order valence-electron chi connectivity index (χ3n) is 4.85. The molecule has 0 aliphatic carbocycles. The van der Waals surface area contributed by atoms with Gasteiger partial charge in [0, 0.05) is 24.7 Å². The molecular formula is C22H21N3O. The van der Waals surface area contributed by atoms with Gasteiger partial charge in [-0.15, -0.1) is 0 Å². The van der Waals surface area contributed by atoms with Gasteiger partial charge in [0.25, 0.3) is 0 Å². The lowest BCUT2D eigenvalue weighted by atomic mass is 9.90. The van der Waals surface area contributed by atoms with E-state index >= 15 is 0 Å². The Kier molecular flexibility index (Phi) is 4.48. The van der Waals surface area contributed by atoms with Gasteiger partial charge >= 0.3 is 0 Å². The first kappa shape index (κ1) is 16.5. The van der Waals surface area contributed by atoms with Gasteiger partial charge in [0.1, 0.15) is 5.82 Å². The Morgan fingerprint density at radius 1 is 1.00 bits per heavy atom. The number of nitrogens with zero attached hydrogens (tertiary/aromatic N) is 3. The lowest BCUT2D eigenvalue weighted by Crippen LogP contribution is -2.31. The van der Waals surface area contributed by atoms with Crippen molar-refractivity contribution in [3.8, 4) is 0 Å². The van der Waals surface area contributed by atoms with E-state index in [0.29, 0.717) is 13.1 Å². The summed E-state index contributed by atoms with van der Waals surface area (Å²) in [4.78, 5) is 24.3. The summed E-state index contributed by atoms with van der Waals surface area (Å²) in [5, 5.41) is 0. The van der Waals surface area contributed by atoms with Crippen molar-refractivity contribution in [2.75, 3.05) is 0 Å². The zero-order valence-electron chi connectivity index (χ0n) is 14.8. The molecule has 130 valence electrons. The molecule has 0 radical (unpaired) electrons. The number of hydrogen-bond donors (Lipinski definition) is 0. The molecule has 0 unspecified atom stereocenters. The molecule has 1 aromatic heterocycles. The van der Waals surface area contributed by atoms with E-state index < -0.39 is 0 Å². The zero-order valence-corrected chi connectivity index (χ0v) is 14.8. The second kappa shape index (κ2) is 7.08. The van der Waals surface area contributed by atoms with Crippen molar-refractivity contribution in [3.63, 3.8) is 0 Å². The molecule has 2 aromatic carbocycles. The summed E-state index contributed by atoms with van der Waals surface area (Å²) in [6, 6.07) is 20.0. The van der Waals surface area contributed by atoms with E-state index in [1.165, 1.54) is 0 Å². The summed E-state index contributed by atoms with van der Waals surface area (Å²) in [6.07, 6.45) is 2.67. The Bertz CT molecular complexity index is 870. The molecule has 1 aliphatic rings. The molecule has 0 saturated heterocycles. The van der Waals surface area contributed by atoms with Crippen LogP contribution in [-0.4, -0.2) is 20.8 Å². The topological polar surface area (TPSA) is 46.1 Å². The van der Waals surface area contributed by atoms with Crippen LogP contribution in [0.25, 0.3) is 0 Å². The molecule has 4 heteroatoms. The number of rotatable bonds is 4. The van der Waals surface area contributed by atoms with Crippen LogP contribution in [0.5, 0.6) is 0 Å². The Balaban J connectivity index is 1.66. The Morgan fingerprint density at radius 3 is 2.19 bits per heavy atom. The summed E-state index contributed by atoms with van der Waals surface area (Å²) in [5.41, 5.74) is 4.06. The number of aryl methyl sites for hydroxylation is 1. The molecular weight excluding hydrogens is 322 g/mol. The third-order valence-corrected chi connectivity index (χ3v) is 4.85. The largest absolute Gasteiger partial charge is 0.332 e. The maximum Gasteiger partial charge on any atom is 0.235 e. The summed E-state index contributed by atoms with van der Waals surface area (Å²) in [5.74, 6) is 0.643. The standard InChI is InChI=1S/C22H21N3O/c1-2-20-23-13-18-14-25(15-19(18)24-20)22(26)21(16-9-5-3-6-10-16)17-11-7-4-8-12-17/h3-13,21H,2,14-15H2,1H3. The average molecular weight is 343 g/mol. The van der Waals surface area contributed by atoms with Crippen LogP contribution in [0.4, 0.5) is 0 Å². The molecule has 0 bridgehead atoms. The van der Waals surface area contributed by atoms with Gasteiger partial charge in [-0.1, -0.05) is 67.6 Å². The van der Waals surface area contributed by atoms with Crippen LogP contribution in [-0.2, 0) is 24.3 Å². The molecule has 0 saturated carbocycles. The second-order valence-electron chi connectivity index (χ2n) is 6.56. The quantitative estimate of drug-likeness (QED) is 0.725. The van der Waals surface area contributed by atoms with Crippen molar-refractivity contribution in [2.24, 2.45) is 0 Å². The maximum absolute atomic E-state index is 13.4. The van der Waals surface area contributed by atoms with E-state index in [9.17, 15) is 4.79 Å². The minimum absolute atomic E-state index is 0.110. The highest BCUT2D eigenvalue weighted by atomic mass is 16.2. The highest BCUT2D eigenvalue weighted by molar-refractivity contribution is 5.87. The van der Waals surface area contributed by atoms with Crippen molar-refractivity contribution in [2.45, 2.75) is 32.4 Å². The van der Waals surface area contributed by atoms with Crippen molar-refractivity contribution < 1.29 is 4.79 Å². The summed E-state index contributed by atoms with van der Waals surface area (Å²) < 4.78 is 0. The fourth-order valence-electron chi connectivity index (χ4n) is 3.47. The number of carbonyl (C=O) groups excluding carboxylic acids is 1. The number of hydrogen-bond acceptors (Lipinski definition) is 3. The van der Waals surface area contributed by atoms with E-state index in [0.717, 1.165) is 34.6 Å². The maximum atomic E-state index is 13.4. The second-order valence-corrected chi connectivity index (χ2v) is 6.56. The van der Waals surface area contributed by atoms with Gasteiger partial charge in [-0.05, 0) is 11.1 Å². The highest BCUT2D eigenvalue weighted by Crippen LogP contribution is 2.30. The fourth-order valence-corrected chi connectivity index (χ4v) is 3.47. The Morgan fingerprint density at radius 2 is 1.62 bits per heavy atom. The molecule has 0 atom stereocenters. The van der Waals surface area contributed by atoms with Crippen LogP contribution in [0.15, 0.2) is 66.9 Å². The molecule has 1 amide bonds. The number of benzene rings is 2. The number of fused-ring (bicyclic) bond motifs is 1. The van der Waals surface area contributed by atoms with Crippen molar-refractivity contribution in [1.82, 2.24) is 14.9 Å². The van der Waals surface area contributed by atoms with Gasteiger partial charge in [0.05, 0.1) is 18.2 Å².